The monoisotopic (exact) mass is 241 g/mol. The predicted octanol–water partition coefficient (Wildman–Crippen LogP) is 1.35. The quantitative estimate of drug-likeness (QED) is 0.787. The van der Waals surface area contributed by atoms with Gasteiger partial charge in [0, 0.05) is 19.1 Å². The van der Waals surface area contributed by atoms with E-state index in [0.717, 1.165) is 19.1 Å². The summed E-state index contributed by atoms with van der Waals surface area (Å²) < 4.78 is 0. The lowest BCUT2D eigenvalue weighted by molar-refractivity contribution is 0.0692. The fraction of sp³-hybridized carbons (Fsp3) is 0.600. The van der Waals surface area contributed by atoms with Crippen molar-refractivity contribution >= 4 is 22.3 Å². The molecule has 16 heavy (non-hydrogen) atoms. The summed E-state index contributed by atoms with van der Waals surface area (Å²) in [7, 11) is 2.10. The lowest BCUT2D eigenvalue weighted by atomic mass is 10.4. The molecule has 1 fully saturated rings. The molecule has 2 rings (SSSR count). The Bertz CT molecular complexity index is 376. The molecule has 2 N–H and O–H groups in total. The van der Waals surface area contributed by atoms with Crippen LogP contribution in [-0.4, -0.2) is 47.1 Å². The average molecular weight is 241 g/mol. The van der Waals surface area contributed by atoms with Crippen LogP contribution in [-0.2, 0) is 0 Å². The van der Waals surface area contributed by atoms with Gasteiger partial charge in [-0.15, -0.1) is 11.3 Å². The standard InChI is InChI=1S/C10H15N3O2S/c1-13(7-2-3-7)5-4-11-9-8(10(14)15)12-6-16-9/h6-7,11H,2-5H2,1H3,(H,14,15). The van der Waals surface area contributed by atoms with Gasteiger partial charge in [0.25, 0.3) is 0 Å². The number of thiazole rings is 1. The van der Waals surface area contributed by atoms with Crippen molar-refractivity contribution in [2.24, 2.45) is 0 Å². The summed E-state index contributed by atoms with van der Waals surface area (Å²) in [5.41, 5.74) is 1.68. The molecule has 0 aromatic carbocycles. The van der Waals surface area contributed by atoms with Gasteiger partial charge in [-0.2, -0.15) is 0 Å². The second-order valence-corrected chi connectivity index (χ2v) is 4.83. The largest absolute Gasteiger partial charge is 0.476 e. The summed E-state index contributed by atoms with van der Waals surface area (Å²) in [5.74, 6) is -0.973. The molecule has 1 saturated carbocycles. The number of hydrogen-bond donors (Lipinski definition) is 2. The highest BCUT2D eigenvalue weighted by molar-refractivity contribution is 7.14. The van der Waals surface area contributed by atoms with E-state index < -0.39 is 5.97 Å². The number of carboxylic acids is 1. The van der Waals surface area contributed by atoms with Crippen molar-refractivity contribution in [3.8, 4) is 0 Å². The minimum Gasteiger partial charge on any atom is -0.476 e. The second kappa shape index (κ2) is 4.80. The van der Waals surface area contributed by atoms with Gasteiger partial charge in [0.1, 0.15) is 5.00 Å². The molecule has 1 heterocycles. The first-order valence-electron chi connectivity index (χ1n) is 5.29. The number of carboxylic acid groups (broad SMARTS) is 1. The van der Waals surface area contributed by atoms with Gasteiger partial charge >= 0.3 is 5.97 Å². The van der Waals surface area contributed by atoms with E-state index in [4.69, 9.17) is 5.11 Å². The van der Waals surface area contributed by atoms with Crippen molar-refractivity contribution in [2.45, 2.75) is 18.9 Å². The zero-order valence-corrected chi connectivity index (χ0v) is 9.96. The number of aromatic nitrogens is 1. The fourth-order valence-electron chi connectivity index (χ4n) is 1.57. The molecule has 0 atom stereocenters. The Morgan fingerprint density at radius 1 is 1.75 bits per heavy atom. The number of nitrogens with one attached hydrogen (secondary N) is 1. The van der Waals surface area contributed by atoms with Gasteiger partial charge < -0.3 is 15.3 Å². The van der Waals surface area contributed by atoms with Crippen LogP contribution in [0.15, 0.2) is 5.51 Å². The molecule has 0 amide bonds. The van der Waals surface area contributed by atoms with Crippen LogP contribution in [0.5, 0.6) is 0 Å². The third kappa shape index (κ3) is 2.70. The Hall–Kier alpha value is -1.14. The number of nitrogens with zero attached hydrogens (tertiary/aromatic N) is 2. The summed E-state index contributed by atoms with van der Waals surface area (Å²) in [6, 6.07) is 0.738. The maximum absolute atomic E-state index is 10.8. The topological polar surface area (TPSA) is 65.5 Å². The first-order chi connectivity index (χ1) is 7.68. The van der Waals surface area contributed by atoms with E-state index in [0.29, 0.717) is 5.00 Å². The maximum Gasteiger partial charge on any atom is 0.357 e. The van der Waals surface area contributed by atoms with Gasteiger partial charge in [-0.3, -0.25) is 0 Å². The molecular formula is C10H15N3O2S. The normalized spacial score (nSPS) is 15.4. The molecule has 0 spiro atoms. The molecule has 88 valence electrons. The molecule has 0 radical (unpaired) electrons. The van der Waals surface area contributed by atoms with E-state index in [2.05, 4.69) is 22.2 Å². The van der Waals surface area contributed by atoms with Crippen molar-refractivity contribution < 1.29 is 9.90 Å². The number of anilines is 1. The van der Waals surface area contributed by atoms with Gasteiger partial charge in [0.15, 0.2) is 5.69 Å². The van der Waals surface area contributed by atoms with Crippen LogP contribution in [0.1, 0.15) is 23.3 Å². The van der Waals surface area contributed by atoms with Crippen LogP contribution in [0.3, 0.4) is 0 Å². The van der Waals surface area contributed by atoms with E-state index >= 15 is 0 Å². The van der Waals surface area contributed by atoms with Gasteiger partial charge in [-0.1, -0.05) is 0 Å². The first kappa shape index (κ1) is 11.3. The van der Waals surface area contributed by atoms with E-state index in [1.165, 1.54) is 24.2 Å². The predicted molar refractivity (Wildman–Crippen MR) is 63.2 cm³/mol. The number of likely N-dealkylation sites (N-methyl/N-ethyl adjacent to an activating group) is 1. The van der Waals surface area contributed by atoms with Crippen molar-refractivity contribution in [1.82, 2.24) is 9.88 Å². The van der Waals surface area contributed by atoms with E-state index in [9.17, 15) is 4.79 Å². The van der Waals surface area contributed by atoms with E-state index in [-0.39, 0.29) is 5.69 Å². The number of rotatable bonds is 6. The summed E-state index contributed by atoms with van der Waals surface area (Å²) in [6.07, 6.45) is 2.58. The smallest absolute Gasteiger partial charge is 0.357 e. The summed E-state index contributed by atoms with van der Waals surface area (Å²) >= 11 is 1.33. The first-order valence-corrected chi connectivity index (χ1v) is 6.17. The van der Waals surface area contributed by atoms with Gasteiger partial charge in [0.2, 0.25) is 0 Å². The highest BCUT2D eigenvalue weighted by Crippen LogP contribution is 2.25. The highest BCUT2D eigenvalue weighted by Gasteiger charge is 2.25. The summed E-state index contributed by atoms with van der Waals surface area (Å²) in [6.45, 7) is 1.69. The number of hydrogen-bond acceptors (Lipinski definition) is 5. The Balaban J connectivity index is 1.80. The minimum atomic E-state index is -0.973. The Kier molecular flexibility index (Phi) is 3.40. The second-order valence-electron chi connectivity index (χ2n) is 3.97. The van der Waals surface area contributed by atoms with E-state index in [1.807, 2.05) is 0 Å². The lowest BCUT2D eigenvalue weighted by Gasteiger charge is -2.15. The lowest BCUT2D eigenvalue weighted by Crippen LogP contribution is -2.27. The molecule has 1 aromatic heterocycles. The Labute approximate surface area is 98.1 Å². The van der Waals surface area contributed by atoms with Gasteiger partial charge in [-0.05, 0) is 19.9 Å². The van der Waals surface area contributed by atoms with Crippen molar-refractivity contribution in [3.63, 3.8) is 0 Å². The number of carbonyl (C=O) groups is 1. The zero-order valence-electron chi connectivity index (χ0n) is 9.14. The van der Waals surface area contributed by atoms with Crippen molar-refractivity contribution in [2.75, 3.05) is 25.5 Å². The Morgan fingerprint density at radius 2 is 2.50 bits per heavy atom. The molecule has 1 aliphatic rings. The van der Waals surface area contributed by atoms with Crippen LogP contribution in [0.4, 0.5) is 5.00 Å². The SMILES string of the molecule is CN(CCNc1scnc1C(=O)O)C1CC1. The average Bonchev–Trinajstić information content (AvgIpc) is 2.98. The molecule has 0 saturated heterocycles. The highest BCUT2D eigenvalue weighted by atomic mass is 32.1. The molecule has 1 aromatic rings. The van der Waals surface area contributed by atoms with Crippen molar-refractivity contribution in [1.29, 1.82) is 0 Å². The Morgan fingerprint density at radius 3 is 3.12 bits per heavy atom. The number of aromatic carboxylic acids is 1. The van der Waals surface area contributed by atoms with Crippen LogP contribution < -0.4 is 5.32 Å². The third-order valence-corrected chi connectivity index (χ3v) is 3.47. The molecule has 0 bridgehead atoms. The van der Waals surface area contributed by atoms with Crippen LogP contribution >= 0.6 is 11.3 Å². The third-order valence-electron chi connectivity index (χ3n) is 2.69. The fourth-order valence-corrected chi connectivity index (χ4v) is 2.27. The van der Waals surface area contributed by atoms with Crippen LogP contribution in [0.25, 0.3) is 0 Å². The molecule has 0 unspecified atom stereocenters. The zero-order chi connectivity index (χ0) is 11.5. The molecule has 5 nitrogen and oxygen atoms in total. The molecule has 6 heteroatoms. The summed E-state index contributed by atoms with van der Waals surface area (Å²) in [5, 5.41) is 12.6. The minimum absolute atomic E-state index is 0.124. The molecular weight excluding hydrogens is 226 g/mol. The summed E-state index contributed by atoms with van der Waals surface area (Å²) in [4.78, 5) is 16.9. The van der Waals surface area contributed by atoms with Crippen LogP contribution in [0.2, 0.25) is 0 Å². The van der Waals surface area contributed by atoms with Gasteiger partial charge in [0.05, 0.1) is 5.51 Å². The molecule has 0 aliphatic heterocycles. The van der Waals surface area contributed by atoms with E-state index in [1.54, 1.807) is 5.51 Å². The van der Waals surface area contributed by atoms with Crippen molar-refractivity contribution in [3.05, 3.63) is 11.2 Å². The van der Waals surface area contributed by atoms with Gasteiger partial charge in [-0.25, -0.2) is 9.78 Å². The maximum atomic E-state index is 10.8. The van der Waals surface area contributed by atoms with Crippen LogP contribution in [0, 0.1) is 0 Å². The molecule has 1 aliphatic carbocycles.